The third-order valence-corrected chi connectivity index (χ3v) is 15.1. The lowest BCUT2D eigenvalue weighted by Crippen LogP contribution is -2.50. The van der Waals surface area contributed by atoms with Crippen molar-refractivity contribution in [2.75, 3.05) is 19.6 Å². The zero-order valence-corrected chi connectivity index (χ0v) is 50.0. The van der Waals surface area contributed by atoms with Gasteiger partial charge >= 0.3 is 23.9 Å². The van der Waals surface area contributed by atoms with E-state index >= 15 is 0 Å². The summed E-state index contributed by atoms with van der Waals surface area (Å²) in [5, 5.41) is 61.6. The molecule has 1 aromatic carbocycles. The fourth-order valence-electron chi connectivity index (χ4n) is 9.91. The Morgan fingerprint density at radius 3 is 1.43 bits per heavy atom. The van der Waals surface area contributed by atoms with Gasteiger partial charge in [-0.3, -0.25) is 47.9 Å². The van der Waals surface area contributed by atoms with Crippen molar-refractivity contribution in [1.82, 2.24) is 26.6 Å². The van der Waals surface area contributed by atoms with Crippen LogP contribution in [0, 0.1) is 11.8 Å². The minimum absolute atomic E-state index is 0.0253. The molecule has 0 saturated heterocycles. The Bertz CT molecular complexity index is 2120. The topological polar surface area (TPSA) is 349 Å². The molecule has 6 atom stereocenters. The summed E-state index contributed by atoms with van der Waals surface area (Å²) in [4.78, 5) is 137. The summed E-state index contributed by atoms with van der Waals surface area (Å²) in [6.45, 7) is 4.89. The number of hydrogen-bond donors (Lipinski definition) is 10. The van der Waals surface area contributed by atoms with Crippen LogP contribution < -0.4 is 26.6 Å². The fraction of sp³-hybridized carbons (Fsp3) is 0.726. The number of ketones is 4. The summed E-state index contributed by atoms with van der Waals surface area (Å²) in [6, 6.07) is 2.63. The molecule has 0 aromatic heterocycles. The minimum atomic E-state index is -1.45. The molecule has 0 heterocycles. The molecule has 0 bridgehead atoms. The number of carboxylic acid groups (broad SMARTS) is 4. The Kier molecular flexibility index (Phi) is 41.8. The zero-order chi connectivity index (χ0) is 61.8. The van der Waals surface area contributed by atoms with Crippen molar-refractivity contribution in [3.05, 3.63) is 29.8 Å². The van der Waals surface area contributed by atoms with Gasteiger partial charge in [0.25, 0.3) is 0 Å². The van der Waals surface area contributed by atoms with Gasteiger partial charge in [0.1, 0.15) is 23.4 Å². The summed E-state index contributed by atoms with van der Waals surface area (Å²) in [5.41, 5.74) is 0.726. The maximum Gasteiger partial charge on any atom is 0.326 e. The Hall–Kier alpha value is -6.09. The minimum Gasteiger partial charge on any atom is -0.508 e. The number of unbranched alkanes of at least 4 members (excludes halogenated alkanes) is 17. The third kappa shape index (κ3) is 38.4. The largest absolute Gasteiger partial charge is 0.508 e. The number of aliphatic carboxylic acids is 4. The molecule has 470 valence electrons. The normalized spacial score (nSPS) is 13.4. The Morgan fingerprint density at radius 1 is 0.446 bits per heavy atom. The molecule has 0 aliphatic rings. The van der Waals surface area contributed by atoms with Crippen LogP contribution in [0.5, 0.6) is 5.75 Å². The average Bonchev–Trinajstić information content (AvgIpc) is 3.46. The molecule has 21 nitrogen and oxygen atoms in total. The predicted molar refractivity (Wildman–Crippen MR) is 315 cm³/mol. The van der Waals surface area contributed by atoms with Crippen molar-refractivity contribution in [2.45, 2.75) is 257 Å². The van der Waals surface area contributed by atoms with E-state index in [0.717, 1.165) is 56.9 Å². The van der Waals surface area contributed by atoms with Crippen molar-refractivity contribution in [2.24, 2.45) is 11.8 Å². The highest BCUT2D eigenvalue weighted by Gasteiger charge is 2.28. The summed E-state index contributed by atoms with van der Waals surface area (Å²) >= 11 is 0. The SMILES string of the molecule is CCCC[C@H](NCC(=O)[C@H](Cc1ccc(O)cc1)NC(C)=O)C(=O)CN[C@@H](CCCCNC(=O)CC[C@H](CC(=O)CC[C@H](NC(=O)CC[C@H](CCCCCCCCCCCCCCCCCCC(=O)O)C(=O)O)C(=O)O)C(=O)O)C(=O)CC. The van der Waals surface area contributed by atoms with Crippen LogP contribution in [0.15, 0.2) is 24.3 Å². The first kappa shape index (κ1) is 74.9. The van der Waals surface area contributed by atoms with Crippen LogP contribution in [0.25, 0.3) is 0 Å². The van der Waals surface area contributed by atoms with Crippen LogP contribution in [0.3, 0.4) is 0 Å². The fourth-order valence-corrected chi connectivity index (χ4v) is 9.91. The Morgan fingerprint density at radius 2 is 0.928 bits per heavy atom. The quantitative estimate of drug-likeness (QED) is 0.0274. The van der Waals surface area contributed by atoms with Gasteiger partial charge in [-0.15, -0.1) is 0 Å². The molecule has 83 heavy (non-hydrogen) atoms. The van der Waals surface area contributed by atoms with Crippen molar-refractivity contribution >= 4 is 64.7 Å². The molecule has 0 aliphatic carbocycles. The molecule has 1 aromatic rings. The molecule has 10 N–H and O–H groups in total. The van der Waals surface area contributed by atoms with Gasteiger partial charge in [-0.25, -0.2) is 4.79 Å². The lowest BCUT2D eigenvalue weighted by molar-refractivity contribution is -0.145. The Labute approximate surface area is 491 Å². The lowest BCUT2D eigenvalue weighted by atomic mass is 9.94. The first-order valence-electron chi connectivity index (χ1n) is 30.7. The van der Waals surface area contributed by atoms with Crippen molar-refractivity contribution < 1.29 is 78.3 Å². The number of phenolic OH excluding ortho intramolecular Hbond substituents is 1. The van der Waals surface area contributed by atoms with Gasteiger partial charge < -0.3 is 52.1 Å². The maximum absolute atomic E-state index is 13.5. The molecular weight excluding hydrogens is 1070 g/mol. The predicted octanol–water partition coefficient (Wildman–Crippen LogP) is 8.33. The van der Waals surface area contributed by atoms with Crippen molar-refractivity contribution in [3.8, 4) is 5.75 Å². The van der Waals surface area contributed by atoms with E-state index in [1.165, 1.54) is 70.4 Å². The number of carboxylic acids is 4. The van der Waals surface area contributed by atoms with Gasteiger partial charge in [0.2, 0.25) is 17.7 Å². The van der Waals surface area contributed by atoms with E-state index in [9.17, 15) is 73.2 Å². The van der Waals surface area contributed by atoms with Crippen LogP contribution in [-0.2, 0) is 59.2 Å². The van der Waals surface area contributed by atoms with Gasteiger partial charge in [0, 0.05) is 52.0 Å². The third-order valence-electron chi connectivity index (χ3n) is 15.1. The second-order valence-corrected chi connectivity index (χ2v) is 22.2. The molecule has 1 rings (SSSR count). The highest BCUT2D eigenvalue weighted by atomic mass is 16.4. The summed E-state index contributed by atoms with van der Waals surface area (Å²) < 4.78 is 0. The Balaban J connectivity index is 2.45. The van der Waals surface area contributed by atoms with E-state index in [2.05, 4.69) is 26.6 Å². The molecule has 0 unspecified atom stereocenters. The van der Waals surface area contributed by atoms with Crippen LogP contribution in [-0.4, -0.2) is 134 Å². The van der Waals surface area contributed by atoms with Crippen LogP contribution >= 0.6 is 0 Å². The van der Waals surface area contributed by atoms with E-state index in [1.807, 2.05) is 6.92 Å². The van der Waals surface area contributed by atoms with Crippen molar-refractivity contribution in [1.29, 1.82) is 0 Å². The first-order valence-corrected chi connectivity index (χ1v) is 30.7. The maximum atomic E-state index is 13.5. The highest BCUT2D eigenvalue weighted by molar-refractivity contribution is 5.92. The first-order chi connectivity index (χ1) is 39.7. The number of amides is 3. The molecular formula is C62H101N5O16. The number of phenols is 1. The number of hydrogen-bond acceptors (Lipinski definition) is 14. The van der Waals surface area contributed by atoms with Crippen LogP contribution in [0.2, 0.25) is 0 Å². The highest BCUT2D eigenvalue weighted by Crippen LogP contribution is 2.20. The lowest BCUT2D eigenvalue weighted by Gasteiger charge is -2.22. The molecule has 0 spiro atoms. The van der Waals surface area contributed by atoms with Gasteiger partial charge in [0.05, 0.1) is 43.1 Å². The number of carbonyl (C=O) groups excluding carboxylic acids is 7. The van der Waals surface area contributed by atoms with Crippen molar-refractivity contribution in [3.63, 3.8) is 0 Å². The summed E-state index contributed by atoms with van der Waals surface area (Å²) in [5.74, 6) is -9.10. The molecule has 0 saturated carbocycles. The summed E-state index contributed by atoms with van der Waals surface area (Å²) in [7, 11) is 0. The van der Waals surface area contributed by atoms with E-state index in [1.54, 1.807) is 19.1 Å². The van der Waals surface area contributed by atoms with E-state index in [-0.39, 0.29) is 101 Å². The van der Waals surface area contributed by atoms with Crippen LogP contribution in [0.1, 0.15) is 232 Å². The number of benzene rings is 1. The van der Waals surface area contributed by atoms with Gasteiger partial charge in [-0.2, -0.15) is 0 Å². The second kappa shape index (κ2) is 46.3. The van der Waals surface area contributed by atoms with E-state index in [4.69, 9.17) is 5.11 Å². The van der Waals surface area contributed by atoms with Gasteiger partial charge in [-0.1, -0.05) is 135 Å². The standard InChI is InChI=1S/C62H101N5O16/c1-4-6-26-51(65-43-56(73)53(66-44(3)68)40-45-29-33-48(69)34-30-45)55(72)42-64-50(54(71)5-2)27-23-24-39-63-57(74)37-32-47(61(80)81)41-49(70)35-36-52(62(82)83)67-58(75)38-31-46(60(78)79)25-21-19-17-15-13-11-9-7-8-10-12-14-16-18-20-22-28-59(76)77/h29-30,33-34,46-47,50-53,64-65,69H,4-28,31-32,35-43H2,1-3H3,(H,63,74)(H,66,68)(H,67,75)(H,76,77)(H,78,79)(H,80,81)(H,82,83)/t46-,47+,50-,51-,52-,53-/m0/s1. The molecule has 0 aliphatic heterocycles. The van der Waals surface area contributed by atoms with E-state index in [0.29, 0.717) is 44.9 Å². The molecule has 3 amide bonds. The molecule has 21 heteroatoms. The van der Waals surface area contributed by atoms with Crippen LogP contribution in [0.4, 0.5) is 0 Å². The smallest absolute Gasteiger partial charge is 0.326 e. The number of nitrogens with one attached hydrogen (secondary N) is 5. The number of rotatable bonds is 55. The number of aromatic hydroxyl groups is 1. The number of carbonyl (C=O) groups is 11. The monoisotopic (exact) mass is 1170 g/mol. The second-order valence-electron chi connectivity index (χ2n) is 22.2. The molecule has 0 radical (unpaired) electrons. The van der Waals surface area contributed by atoms with Gasteiger partial charge in [-0.05, 0) is 81.9 Å². The summed E-state index contributed by atoms with van der Waals surface area (Å²) in [6.07, 6.45) is 19.9. The zero-order valence-electron chi connectivity index (χ0n) is 50.0. The molecule has 0 fully saturated rings. The van der Waals surface area contributed by atoms with E-state index < -0.39 is 89.8 Å². The number of Topliss-reactive ketones (excluding diaryl/α,β-unsaturated/α-hetero) is 4. The van der Waals surface area contributed by atoms with Gasteiger partial charge in [0.15, 0.2) is 11.6 Å². The average molecular weight is 1170 g/mol.